The summed E-state index contributed by atoms with van der Waals surface area (Å²) in [6.45, 7) is 7.33. The molecule has 1 saturated carbocycles. The van der Waals surface area contributed by atoms with Crippen LogP contribution in [0.15, 0.2) is 47.3 Å². The number of anilines is 3. The van der Waals surface area contributed by atoms with Crippen LogP contribution < -0.4 is 15.9 Å². The maximum atomic E-state index is 12.9. The minimum absolute atomic E-state index is 0.0176. The number of unbranched alkanes of at least 4 members (excludes halogenated alkanes) is 1. The molecule has 0 amide bonds. The first-order valence-corrected chi connectivity index (χ1v) is 12.5. The quantitative estimate of drug-likeness (QED) is 0.375. The molecule has 5 heteroatoms. The van der Waals surface area contributed by atoms with Gasteiger partial charge in [0.15, 0.2) is 0 Å². The van der Waals surface area contributed by atoms with Crippen LogP contribution in [0.25, 0.3) is 11.0 Å². The van der Waals surface area contributed by atoms with E-state index >= 15 is 0 Å². The Bertz CT molecular complexity index is 1050. The molecule has 1 aliphatic rings. The zero-order valence-electron chi connectivity index (χ0n) is 19.7. The lowest BCUT2D eigenvalue weighted by atomic mass is 9.89. The predicted octanol–water partition coefficient (Wildman–Crippen LogP) is 6.67. The second-order valence-corrected chi connectivity index (χ2v) is 9.26. The highest BCUT2D eigenvalue weighted by molar-refractivity contribution is 5.90. The normalized spacial score (nSPS) is 14.7. The molecule has 0 atom stereocenters. The molecule has 32 heavy (non-hydrogen) atoms. The fourth-order valence-corrected chi connectivity index (χ4v) is 5.01. The van der Waals surface area contributed by atoms with E-state index in [2.05, 4.69) is 53.3 Å². The van der Waals surface area contributed by atoms with E-state index in [0.29, 0.717) is 5.92 Å². The lowest BCUT2D eigenvalue weighted by Gasteiger charge is -2.28. The smallest absolute Gasteiger partial charge is 0.326 e. The first-order chi connectivity index (χ1) is 15.7. The molecule has 5 nitrogen and oxygen atoms in total. The number of hydrogen-bond donors (Lipinski definition) is 2. The summed E-state index contributed by atoms with van der Waals surface area (Å²) in [5.74, 6) is 0.609. The number of benzene rings is 2. The monoisotopic (exact) mass is 434 g/mol. The summed E-state index contributed by atoms with van der Waals surface area (Å²) < 4.78 is 1.99. The third kappa shape index (κ3) is 5.20. The third-order valence-electron chi connectivity index (χ3n) is 6.73. The number of aromatic nitrogens is 2. The molecule has 3 aromatic rings. The van der Waals surface area contributed by atoms with Gasteiger partial charge >= 0.3 is 5.69 Å². The maximum absolute atomic E-state index is 12.9. The second-order valence-electron chi connectivity index (χ2n) is 9.26. The average Bonchev–Trinajstić information content (AvgIpc) is 3.11. The minimum Gasteiger partial charge on any atom is -0.370 e. The van der Waals surface area contributed by atoms with Crippen molar-refractivity contribution < 1.29 is 0 Å². The summed E-state index contributed by atoms with van der Waals surface area (Å²) in [5.41, 5.74) is 5.27. The molecule has 0 bridgehead atoms. The van der Waals surface area contributed by atoms with E-state index in [9.17, 15) is 4.79 Å². The van der Waals surface area contributed by atoms with Crippen molar-refractivity contribution >= 4 is 28.1 Å². The van der Waals surface area contributed by atoms with Gasteiger partial charge in [-0.3, -0.25) is 4.57 Å². The summed E-state index contributed by atoms with van der Waals surface area (Å²) in [6, 6.07) is 14.7. The van der Waals surface area contributed by atoms with E-state index in [4.69, 9.17) is 0 Å². The van der Waals surface area contributed by atoms with Crippen LogP contribution in [-0.2, 0) is 6.54 Å². The fourth-order valence-electron chi connectivity index (χ4n) is 5.01. The first-order valence-electron chi connectivity index (χ1n) is 12.5. The minimum atomic E-state index is 0.0176. The van der Waals surface area contributed by atoms with Gasteiger partial charge in [-0.1, -0.05) is 57.7 Å². The number of aromatic amines is 1. The van der Waals surface area contributed by atoms with Gasteiger partial charge in [-0.25, -0.2) is 4.79 Å². The van der Waals surface area contributed by atoms with Gasteiger partial charge in [0, 0.05) is 25.3 Å². The van der Waals surface area contributed by atoms with Crippen molar-refractivity contribution in [2.24, 2.45) is 5.92 Å². The van der Waals surface area contributed by atoms with Gasteiger partial charge in [-0.05, 0) is 55.9 Å². The molecular weight excluding hydrogens is 396 g/mol. The number of nitrogens with one attached hydrogen (secondary N) is 2. The zero-order valence-corrected chi connectivity index (χ0v) is 19.7. The van der Waals surface area contributed by atoms with Crippen LogP contribution in [0.3, 0.4) is 0 Å². The van der Waals surface area contributed by atoms with E-state index in [-0.39, 0.29) is 5.69 Å². The number of H-pyrrole nitrogens is 1. The molecule has 0 radical (unpaired) electrons. The molecule has 0 aliphatic heterocycles. The molecule has 0 unspecified atom stereocenters. The SMILES string of the molecule is CCCCN(CCC)c1cc2c(cc1Nc1ccccc1)[nH]c(=O)n2CC1CCCCC1. The molecule has 1 aromatic heterocycles. The van der Waals surface area contributed by atoms with Crippen LogP contribution in [0, 0.1) is 5.92 Å². The van der Waals surface area contributed by atoms with E-state index in [0.717, 1.165) is 54.9 Å². The summed E-state index contributed by atoms with van der Waals surface area (Å²) in [4.78, 5) is 18.6. The van der Waals surface area contributed by atoms with Gasteiger partial charge in [0.05, 0.1) is 22.4 Å². The number of rotatable bonds is 10. The van der Waals surface area contributed by atoms with Gasteiger partial charge in [-0.15, -0.1) is 0 Å². The van der Waals surface area contributed by atoms with Crippen molar-refractivity contribution in [1.82, 2.24) is 9.55 Å². The fraction of sp³-hybridized carbons (Fsp3) is 0.519. The molecule has 1 fully saturated rings. The average molecular weight is 435 g/mol. The van der Waals surface area contributed by atoms with E-state index in [1.165, 1.54) is 44.2 Å². The van der Waals surface area contributed by atoms with Crippen molar-refractivity contribution in [3.05, 3.63) is 52.9 Å². The highest BCUT2D eigenvalue weighted by atomic mass is 16.1. The highest BCUT2D eigenvalue weighted by Crippen LogP contribution is 2.34. The zero-order chi connectivity index (χ0) is 22.3. The Morgan fingerprint density at radius 2 is 1.81 bits per heavy atom. The maximum Gasteiger partial charge on any atom is 0.326 e. The van der Waals surface area contributed by atoms with Crippen LogP contribution >= 0.6 is 0 Å². The largest absolute Gasteiger partial charge is 0.370 e. The molecular formula is C27H38N4O. The summed E-state index contributed by atoms with van der Waals surface area (Å²) in [5, 5.41) is 3.62. The number of hydrogen-bond acceptors (Lipinski definition) is 3. The molecule has 2 aromatic carbocycles. The summed E-state index contributed by atoms with van der Waals surface area (Å²) in [6.07, 6.45) is 9.80. The van der Waals surface area contributed by atoms with Crippen molar-refractivity contribution in [3.8, 4) is 0 Å². The van der Waals surface area contributed by atoms with E-state index < -0.39 is 0 Å². The van der Waals surface area contributed by atoms with E-state index in [1.54, 1.807) is 0 Å². The molecule has 4 rings (SSSR count). The van der Waals surface area contributed by atoms with Crippen LogP contribution in [0.5, 0.6) is 0 Å². The first kappa shape index (κ1) is 22.5. The molecule has 1 heterocycles. The molecule has 0 spiro atoms. The molecule has 172 valence electrons. The van der Waals surface area contributed by atoms with Crippen molar-refractivity contribution in [2.45, 2.75) is 71.8 Å². The number of para-hydroxylation sites is 1. The Kier molecular flexibility index (Phi) is 7.56. The Balaban J connectivity index is 1.76. The Labute approximate surface area is 191 Å². The van der Waals surface area contributed by atoms with Gasteiger partial charge in [0.1, 0.15) is 0 Å². The lowest BCUT2D eigenvalue weighted by Crippen LogP contribution is -2.26. The molecule has 1 aliphatic carbocycles. The Hall–Kier alpha value is -2.69. The van der Waals surface area contributed by atoms with Crippen molar-refractivity contribution in [3.63, 3.8) is 0 Å². The Morgan fingerprint density at radius 1 is 1.03 bits per heavy atom. The summed E-state index contributed by atoms with van der Waals surface area (Å²) in [7, 11) is 0. The number of nitrogens with zero attached hydrogens (tertiary/aromatic N) is 2. The topological polar surface area (TPSA) is 53.1 Å². The second kappa shape index (κ2) is 10.8. The molecule has 2 N–H and O–H groups in total. The van der Waals surface area contributed by atoms with Crippen LogP contribution in [0.4, 0.5) is 17.1 Å². The lowest BCUT2D eigenvalue weighted by molar-refractivity contribution is 0.319. The van der Waals surface area contributed by atoms with Crippen molar-refractivity contribution in [2.75, 3.05) is 23.3 Å². The number of imidazole rings is 1. The Morgan fingerprint density at radius 3 is 2.53 bits per heavy atom. The number of fused-ring (bicyclic) bond motifs is 1. The molecule has 0 saturated heterocycles. The van der Waals surface area contributed by atoms with Crippen LogP contribution in [0.1, 0.15) is 65.2 Å². The highest BCUT2D eigenvalue weighted by Gasteiger charge is 2.20. The van der Waals surface area contributed by atoms with Gasteiger partial charge in [0.25, 0.3) is 0 Å². The summed E-state index contributed by atoms with van der Waals surface area (Å²) >= 11 is 0. The van der Waals surface area contributed by atoms with Gasteiger partial charge in [0.2, 0.25) is 0 Å². The van der Waals surface area contributed by atoms with Gasteiger partial charge < -0.3 is 15.2 Å². The predicted molar refractivity (Wildman–Crippen MR) is 136 cm³/mol. The van der Waals surface area contributed by atoms with Gasteiger partial charge in [-0.2, -0.15) is 0 Å². The van der Waals surface area contributed by atoms with Crippen LogP contribution in [-0.4, -0.2) is 22.6 Å². The third-order valence-corrected chi connectivity index (χ3v) is 6.73. The standard InChI is InChI=1S/C27H38N4O/c1-3-5-17-30(16-4-2)25-19-26-24(18-23(25)28-22-14-10-7-11-15-22)29-27(32)31(26)20-21-12-8-6-9-13-21/h7,10-11,14-15,18-19,21,28H,3-6,8-9,12-13,16-17,20H2,1-2H3,(H,29,32). The van der Waals surface area contributed by atoms with E-state index in [1.807, 2.05) is 22.8 Å². The van der Waals surface area contributed by atoms with Crippen molar-refractivity contribution in [1.29, 1.82) is 0 Å². The van der Waals surface area contributed by atoms with Crippen LogP contribution in [0.2, 0.25) is 0 Å².